The molecular formula is C25H22ClN3O5. The summed E-state index contributed by atoms with van der Waals surface area (Å²) in [6.07, 6.45) is 0. The molecule has 1 aliphatic heterocycles. The molecule has 9 heteroatoms. The van der Waals surface area contributed by atoms with E-state index in [0.717, 1.165) is 0 Å². The highest BCUT2D eigenvalue weighted by molar-refractivity contribution is 6.32. The highest BCUT2D eigenvalue weighted by Gasteiger charge is 2.37. The van der Waals surface area contributed by atoms with Crippen LogP contribution in [0.15, 0.2) is 59.2 Å². The molecule has 0 aromatic heterocycles. The number of nitrogens with two attached hydrogens (primary N) is 1. The molecule has 0 aliphatic carbocycles. The van der Waals surface area contributed by atoms with Crippen molar-refractivity contribution in [3.63, 3.8) is 0 Å². The number of allylic oxidation sites excluding steroid dienone is 2. The molecule has 0 fully saturated rings. The normalized spacial score (nSPS) is 15.2. The molecule has 8 nitrogen and oxygen atoms in total. The van der Waals surface area contributed by atoms with Gasteiger partial charge in [-0.05, 0) is 37.6 Å². The Morgan fingerprint density at radius 3 is 2.62 bits per heavy atom. The number of methoxy groups -OCH3 is 1. The van der Waals surface area contributed by atoms with Crippen molar-refractivity contribution < 1.29 is 23.7 Å². The van der Waals surface area contributed by atoms with E-state index in [-0.39, 0.29) is 52.5 Å². The van der Waals surface area contributed by atoms with Crippen molar-refractivity contribution in [2.75, 3.05) is 13.7 Å². The van der Waals surface area contributed by atoms with E-state index in [9.17, 15) is 15.3 Å². The molecule has 1 aliphatic rings. The molecule has 2 aromatic rings. The number of esters is 1. The highest BCUT2D eigenvalue weighted by atomic mass is 35.5. The van der Waals surface area contributed by atoms with Crippen molar-refractivity contribution in [2.24, 2.45) is 5.73 Å². The smallest absolute Gasteiger partial charge is 0.338 e. The lowest BCUT2D eigenvalue weighted by atomic mass is 9.83. The minimum absolute atomic E-state index is 0.0448. The molecule has 34 heavy (non-hydrogen) atoms. The first-order valence-corrected chi connectivity index (χ1v) is 10.7. The van der Waals surface area contributed by atoms with E-state index >= 15 is 0 Å². The Morgan fingerprint density at radius 1 is 1.24 bits per heavy atom. The molecule has 0 saturated heterocycles. The van der Waals surface area contributed by atoms with Crippen molar-refractivity contribution in [3.05, 3.63) is 80.9 Å². The molecule has 0 radical (unpaired) electrons. The number of nitriles is 2. The summed E-state index contributed by atoms with van der Waals surface area (Å²) in [5.41, 5.74) is 7.77. The standard InChI is InChI=1S/C25H22ClN3O5/c1-4-32-25(30)21-14(2)34-24(29)18(12-28)22(21)17-9-19(26)23(20(10-17)31-3)33-13-16-8-6-5-7-15(16)11-27/h5-10,22H,4,13,29H2,1-3H3/t22-/m0/s1. The molecule has 1 heterocycles. The molecule has 0 saturated carbocycles. The van der Waals surface area contributed by atoms with E-state index in [0.29, 0.717) is 16.7 Å². The lowest BCUT2D eigenvalue weighted by Gasteiger charge is -2.27. The number of halogens is 1. The van der Waals surface area contributed by atoms with Crippen molar-refractivity contribution >= 4 is 17.6 Å². The third kappa shape index (κ3) is 4.78. The monoisotopic (exact) mass is 479 g/mol. The third-order valence-corrected chi connectivity index (χ3v) is 5.48. The minimum Gasteiger partial charge on any atom is -0.493 e. The Bertz CT molecular complexity index is 1270. The van der Waals surface area contributed by atoms with Gasteiger partial charge in [0.15, 0.2) is 11.5 Å². The largest absolute Gasteiger partial charge is 0.493 e. The fourth-order valence-electron chi connectivity index (χ4n) is 3.64. The predicted octanol–water partition coefficient (Wildman–Crippen LogP) is 4.44. The Hall–Kier alpha value is -4.14. The summed E-state index contributed by atoms with van der Waals surface area (Å²) >= 11 is 6.56. The number of ether oxygens (including phenoxy) is 4. The Balaban J connectivity index is 2.06. The maximum atomic E-state index is 12.7. The first-order chi connectivity index (χ1) is 16.4. The third-order valence-electron chi connectivity index (χ3n) is 5.20. The number of nitrogens with zero attached hydrogens (tertiary/aromatic N) is 2. The van der Waals surface area contributed by atoms with Gasteiger partial charge < -0.3 is 24.7 Å². The summed E-state index contributed by atoms with van der Waals surface area (Å²) in [7, 11) is 1.44. The van der Waals surface area contributed by atoms with Gasteiger partial charge in [0, 0.05) is 5.56 Å². The predicted molar refractivity (Wildman–Crippen MR) is 123 cm³/mol. The maximum absolute atomic E-state index is 12.7. The molecule has 0 amide bonds. The second kappa shape index (κ2) is 10.7. The molecule has 2 N–H and O–H groups in total. The fraction of sp³-hybridized carbons (Fsp3) is 0.240. The number of rotatable bonds is 7. The number of carbonyl (C=O) groups excluding carboxylic acids is 1. The summed E-state index contributed by atoms with van der Waals surface area (Å²) in [6.45, 7) is 3.48. The van der Waals surface area contributed by atoms with Gasteiger partial charge in [0.25, 0.3) is 0 Å². The Labute approximate surface area is 202 Å². The second-order valence-electron chi connectivity index (χ2n) is 7.21. The van der Waals surface area contributed by atoms with Gasteiger partial charge in [0.2, 0.25) is 5.88 Å². The Morgan fingerprint density at radius 2 is 1.97 bits per heavy atom. The van der Waals surface area contributed by atoms with Crippen LogP contribution >= 0.6 is 11.6 Å². The Kier molecular flexibility index (Phi) is 7.68. The van der Waals surface area contributed by atoms with E-state index in [4.69, 9.17) is 36.3 Å². The zero-order chi connectivity index (χ0) is 24.8. The number of carbonyl (C=O) groups is 1. The first-order valence-electron chi connectivity index (χ1n) is 10.3. The lowest BCUT2D eigenvalue weighted by Crippen LogP contribution is -2.25. The van der Waals surface area contributed by atoms with Crippen LogP contribution in [0, 0.1) is 22.7 Å². The summed E-state index contributed by atoms with van der Waals surface area (Å²) in [6, 6.07) is 14.4. The van der Waals surface area contributed by atoms with Crippen LogP contribution in [0.3, 0.4) is 0 Å². The molecule has 0 unspecified atom stereocenters. The van der Waals surface area contributed by atoms with Gasteiger partial charge in [-0.2, -0.15) is 10.5 Å². The average molecular weight is 480 g/mol. The minimum atomic E-state index is -0.877. The topological polar surface area (TPSA) is 128 Å². The summed E-state index contributed by atoms with van der Waals surface area (Å²) in [4.78, 5) is 12.7. The van der Waals surface area contributed by atoms with Gasteiger partial charge in [0.05, 0.1) is 41.9 Å². The maximum Gasteiger partial charge on any atom is 0.338 e. The SMILES string of the molecule is CCOC(=O)C1=C(C)OC(N)=C(C#N)[C@@H]1c1cc(Cl)c(OCc2ccccc2C#N)c(OC)c1. The zero-order valence-electron chi connectivity index (χ0n) is 18.8. The molecule has 2 aromatic carbocycles. The summed E-state index contributed by atoms with van der Waals surface area (Å²) < 4.78 is 22.0. The van der Waals surface area contributed by atoms with Crippen LogP contribution in [-0.2, 0) is 20.9 Å². The van der Waals surface area contributed by atoms with E-state index in [2.05, 4.69) is 6.07 Å². The van der Waals surface area contributed by atoms with Crippen LogP contribution in [0.4, 0.5) is 0 Å². The van der Waals surface area contributed by atoms with Gasteiger partial charge in [0.1, 0.15) is 24.0 Å². The lowest BCUT2D eigenvalue weighted by molar-refractivity contribution is -0.139. The van der Waals surface area contributed by atoms with Crippen LogP contribution in [0.2, 0.25) is 5.02 Å². The molecule has 0 spiro atoms. The van der Waals surface area contributed by atoms with E-state index in [1.165, 1.54) is 7.11 Å². The summed E-state index contributed by atoms with van der Waals surface area (Å²) in [5, 5.41) is 19.2. The van der Waals surface area contributed by atoms with Crippen molar-refractivity contribution in [2.45, 2.75) is 26.4 Å². The van der Waals surface area contributed by atoms with Crippen molar-refractivity contribution in [3.8, 4) is 23.6 Å². The first kappa shape index (κ1) is 24.5. The number of hydrogen-bond donors (Lipinski definition) is 1. The van der Waals surface area contributed by atoms with Crippen molar-refractivity contribution in [1.82, 2.24) is 0 Å². The molecule has 1 atom stereocenters. The van der Waals surface area contributed by atoms with E-state index in [1.807, 2.05) is 6.07 Å². The van der Waals surface area contributed by atoms with Gasteiger partial charge in [-0.25, -0.2) is 4.79 Å². The quantitative estimate of drug-likeness (QED) is 0.577. The van der Waals surface area contributed by atoms with Gasteiger partial charge >= 0.3 is 5.97 Å². The summed E-state index contributed by atoms with van der Waals surface area (Å²) in [5.74, 6) is -0.863. The molecular weight excluding hydrogens is 458 g/mol. The zero-order valence-corrected chi connectivity index (χ0v) is 19.6. The van der Waals surface area contributed by atoms with Crippen LogP contribution in [0.5, 0.6) is 11.5 Å². The highest BCUT2D eigenvalue weighted by Crippen LogP contribution is 2.45. The molecule has 174 valence electrons. The molecule has 0 bridgehead atoms. The molecule has 3 rings (SSSR count). The van der Waals surface area contributed by atoms with E-state index < -0.39 is 11.9 Å². The fourth-order valence-corrected chi connectivity index (χ4v) is 3.91. The average Bonchev–Trinajstić information content (AvgIpc) is 2.82. The van der Waals surface area contributed by atoms with E-state index in [1.54, 1.807) is 50.2 Å². The van der Waals surface area contributed by atoms with Gasteiger partial charge in [-0.15, -0.1) is 0 Å². The van der Waals surface area contributed by atoms with Crippen molar-refractivity contribution in [1.29, 1.82) is 10.5 Å². The van der Waals surface area contributed by atoms with Crippen LogP contribution in [-0.4, -0.2) is 19.7 Å². The number of benzene rings is 2. The van der Waals surface area contributed by atoms with Crippen LogP contribution in [0.1, 0.15) is 36.5 Å². The van der Waals surface area contributed by atoms with Crippen LogP contribution in [0.25, 0.3) is 0 Å². The number of hydrogen-bond acceptors (Lipinski definition) is 8. The van der Waals surface area contributed by atoms with Gasteiger partial charge in [-0.1, -0.05) is 29.8 Å². The van der Waals surface area contributed by atoms with Gasteiger partial charge in [-0.3, -0.25) is 0 Å². The van der Waals surface area contributed by atoms with Crippen LogP contribution < -0.4 is 15.2 Å². The second-order valence-corrected chi connectivity index (χ2v) is 7.61.